The first-order chi connectivity index (χ1) is 14.8. The Hall–Kier alpha value is -1.25. The van der Waals surface area contributed by atoms with Crippen LogP contribution < -0.4 is 0 Å². The van der Waals surface area contributed by atoms with E-state index in [0.29, 0.717) is 18.1 Å². The minimum absolute atomic E-state index is 0.255. The summed E-state index contributed by atoms with van der Waals surface area (Å²) in [6.45, 7) is 8.77. The molecule has 2 atom stereocenters. The molecule has 2 heterocycles. The molecule has 10 heteroatoms. The molecule has 31 heavy (non-hydrogen) atoms. The molecule has 3 rings (SSSR count). The maximum absolute atomic E-state index is 13.2. The minimum atomic E-state index is -3.46. The first-order valence-electron chi connectivity index (χ1n) is 10.9. The second kappa shape index (κ2) is 10.1. The van der Waals surface area contributed by atoms with Gasteiger partial charge in [0.1, 0.15) is 0 Å². The average molecular weight is 473 g/mol. The predicted molar refractivity (Wildman–Crippen MR) is 121 cm³/mol. The normalized spacial score (nSPS) is 26.6. The maximum atomic E-state index is 13.2. The molecule has 0 bridgehead atoms. The van der Waals surface area contributed by atoms with Gasteiger partial charge in [0.15, 0.2) is 11.5 Å². The molecule has 174 valence electrons. The second-order valence-corrected chi connectivity index (χ2v) is 11.3. The summed E-state index contributed by atoms with van der Waals surface area (Å²) in [4.78, 5) is 13.0. The van der Waals surface area contributed by atoms with Crippen molar-refractivity contribution in [2.24, 2.45) is 5.41 Å². The van der Waals surface area contributed by atoms with Crippen molar-refractivity contribution < 1.29 is 27.9 Å². The van der Waals surface area contributed by atoms with Crippen molar-refractivity contribution in [2.75, 3.05) is 20.2 Å². The van der Waals surface area contributed by atoms with Crippen LogP contribution in [-0.4, -0.2) is 40.8 Å². The lowest BCUT2D eigenvalue weighted by molar-refractivity contribution is 0.121. The third-order valence-electron chi connectivity index (χ3n) is 5.85. The van der Waals surface area contributed by atoms with E-state index < -0.39 is 13.8 Å². The summed E-state index contributed by atoms with van der Waals surface area (Å²) in [7, 11) is -1.87. The van der Waals surface area contributed by atoms with E-state index in [1.807, 2.05) is 26.0 Å². The van der Waals surface area contributed by atoms with Gasteiger partial charge < -0.3 is 9.47 Å². The number of amides is 1. The Kier molecular flexibility index (Phi) is 7.97. The first-order valence-corrected chi connectivity index (χ1v) is 13.1. The Bertz CT molecular complexity index is 823. The van der Waals surface area contributed by atoms with Gasteiger partial charge in [-0.3, -0.25) is 9.05 Å². The van der Waals surface area contributed by atoms with E-state index in [-0.39, 0.29) is 18.1 Å². The van der Waals surface area contributed by atoms with Crippen molar-refractivity contribution in [3.8, 4) is 0 Å². The van der Waals surface area contributed by atoms with Gasteiger partial charge in [0, 0.05) is 19.0 Å². The second-order valence-electron chi connectivity index (χ2n) is 8.02. The number of fused-ring (bicyclic) bond motifs is 1. The van der Waals surface area contributed by atoms with Crippen LogP contribution in [0.5, 0.6) is 0 Å². The molecule has 0 aromatic carbocycles. The monoisotopic (exact) mass is 472 g/mol. The fraction of sp³-hybridized carbons (Fsp3) is 0.667. The van der Waals surface area contributed by atoms with E-state index >= 15 is 0 Å². The largest absolute Gasteiger partial charge is 0.461 e. The molecule has 1 saturated heterocycles. The van der Waals surface area contributed by atoms with Crippen LogP contribution in [0, 0.1) is 5.41 Å². The molecule has 0 N–H and O–H groups in total. The fourth-order valence-corrected chi connectivity index (χ4v) is 6.98. The van der Waals surface area contributed by atoms with Crippen LogP contribution in [0.4, 0.5) is 4.79 Å². The smallest absolute Gasteiger partial charge is 0.425 e. The quantitative estimate of drug-likeness (QED) is 0.292. The molecule has 0 saturated carbocycles. The van der Waals surface area contributed by atoms with Gasteiger partial charge in [-0.2, -0.15) is 0 Å². The van der Waals surface area contributed by atoms with E-state index in [9.17, 15) is 9.36 Å². The molecular formula is C21H33N2O6PS. The van der Waals surface area contributed by atoms with Crippen LogP contribution >= 0.6 is 19.9 Å². The predicted octanol–water partition coefficient (Wildman–Crippen LogP) is 6.16. The number of carbonyl (C=O) groups is 1. The fourth-order valence-electron chi connectivity index (χ4n) is 3.85. The molecule has 0 radical (unpaired) electrons. The highest BCUT2D eigenvalue weighted by atomic mass is 32.2. The van der Waals surface area contributed by atoms with Gasteiger partial charge >= 0.3 is 13.8 Å². The molecule has 8 nitrogen and oxygen atoms in total. The standard InChI is InChI=1S/C21H33N2O6PS/c1-6-9-12-23(30(25)27-15-16(4)29-30)31-22(5)20(24)28-19-18-17(11-10-13-26-18)14-21(19,7-2)8-3/h10-11,13,16H,6-9,12,14-15H2,1-5H3. The van der Waals surface area contributed by atoms with Crippen LogP contribution in [0.1, 0.15) is 59.8 Å². The van der Waals surface area contributed by atoms with Gasteiger partial charge in [-0.15, -0.1) is 4.08 Å². The van der Waals surface area contributed by atoms with Gasteiger partial charge in [-0.05, 0) is 44.3 Å². The summed E-state index contributed by atoms with van der Waals surface area (Å²) in [5.41, 5.74) is 0.760. The number of unbranched alkanes of at least 4 members (excludes halogenated alkanes) is 1. The third kappa shape index (κ3) is 5.06. The van der Waals surface area contributed by atoms with E-state index in [4.69, 9.17) is 18.5 Å². The number of allylic oxidation sites excluding steroid dienone is 4. The van der Waals surface area contributed by atoms with Gasteiger partial charge in [-0.25, -0.2) is 13.7 Å². The molecule has 1 fully saturated rings. The van der Waals surface area contributed by atoms with Crippen molar-refractivity contribution in [1.29, 1.82) is 0 Å². The van der Waals surface area contributed by atoms with Gasteiger partial charge in [0.05, 0.1) is 31.1 Å². The molecule has 2 aliphatic heterocycles. The lowest BCUT2D eigenvalue weighted by atomic mass is 9.80. The van der Waals surface area contributed by atoms with E-state index in [1.165, 1.54) is 8.38 Å². The van der Waals surface area contributed by atoms with Gasteiger partial charge in [-0.1, -0.05) is 33.3 Å². The highest BCUT2D eigenvalue weighted by Gasteiger charge is 2.46. The number of nitrogens with zero attached hydrogens (tertiary/aromatic N) is 2. The number of hydrogen-bond acceptors (Lipinski definition) is 7. The molecule has 1 aliphatic carbocycles. The van der Waals surface area contributed by atoms with Crippen LogP contribution in [0.3, 0.4) is 0 Å². The molecule has 0 aromatic heterocycles. The van der Waals surface area contributed by atoms with Crippen LogP contribution in [-0.2, 0) is 23.1 Å². The van der Waals surface area contributed by atoms with Crippen LogP contribution in [0.2, 0.25) is 0 Å². The van der Waals surface area contributed by atoms with E-state index in [0.717, 1.165) is 49.8 Å². The Balaban J connectivity index is 1.76. The molecule has 0 spiro atoms. The van der Waals surface area contributed by atoms with Gasteiger partial charge in [0.25, 0.3) is 0 Å². The summed E-state index contributed by atoms with van der Waals surface area (Å²) >= 11 is 1.01. The van der Waals surface area contributed by atoms with Crippen molar-refractivity contribution in [1.82, 2.24) is 8.38 Å². The zero-order valence-corrected chi connectivity index (χ0v) is 20.7. The summed E-state index contributed by atoms with van der Waals surface area (Å²) in [6, 6.07) is 0. The number of hydrogen-bond donors (Lipinski definition) is 0. The minimum Gasteiger partial charge on any atom is -0.461 e. The molecular weight excluding hydrogens is 439 g/mol. The Labute approximate surface area is 189 Å². The summed E-state index contributed by atoms with van der Waals surface area (Å²) in [6.07, 6.45) is 8.77. The first kappa shape index (κ1) is 24.4. The zero-order chi connectivity index (χ0) is 22.6. The SMILES string of the molecule is CCCCN(SN(C)C(=O)OC1=C2OC=CC=C2CC1(CC)CC)P1(=O)OCC(C)O1. The average Bonchev–Trinajstić information content (AvgIpc) is 3.28. The highest BCUT2D eigenvalue weighted by Crippen LogP contribution is 2.60. The summed E-state index contributed by atoms with van der Waals surface area (Å²) in [5.74, 6) is 1.20. The molecule has 0 aromatic rings. The van der Waals surface area contributed by atoms with Crippen molar-refractivity contribution in [2.45, 2.75) is 65.9 Å². The van der Waals surface area contributed by atoms with Crippen molar-refractivity contribution in [3.05, 3.63) is 35.5 Å². The highest BCUT2D eigenvalue weighted by molar-refractivity contribution is 7.99. The van der Waals surface area contributed by atoms with Crippen LogP contribution in [0.25, 0.3) is 0 Å². The lowest BCUT2D eigenvalue weighted by Crippen LogP contribution is -2.30. The Morgan fingerprint density at radius 3 is 2.71 bits per heavy atom. The number of rotatable bonds is 9. The molecule has 1 amide bonds. The van der Waals surface area contributed by atoms with Crippen molar-refractivity contribution >= 4 is 26.0 Å². The molecule has 3 aliphatic rings. The number of ether oxygens (including phenoxy) is 2. The van der Waals surface area contributed by atoms with Crippen molar-refractivity contribution in [3.63, 3.8) is 0 Å². The summed E-state index contributed by atoms with van der Waals surface area (Å²) in [5, 5.41) is 0. The van der Waals surface area contributed by atoms with Crippen LogP contribution in [0.15, 0.2) is 35.5 Å². The topological polar surface area (TPSA) is 77.5 Å². The van der Waals surface area contributed by atoms with E-state index in [1.54, 1.807) is 13.3 Å². The Morgan fingerprint density at radius 1 is 1.35 bits per heavy atom. The van der Waals surface area contributed by atoms with Gasteiger partial charge in [0.2, 0.25) is 0 Å². The van der Waals surface area contributed by atoms with E-state index in [2.05, 4.69) is 13.8 Å². The molecule has 2 unspecified atom stereocenters. The maximum Gasteiger partial charge on any atom is 0.425 e. The lowest BCUT2D eigenvalue weighted by Gasteiger charge is -2.31. The summed E-state index contributed by atoms with van der Waals surface area (Å²) < 4.78 is 38.7. The Morgan fingerprint density at radius 2 is 2.10 bits per heavy atom. The zero-order valence-electron chi connectivity index (χ0n) is 19.0. The number of carbonyl (C=O) groups excluding carboxylic acids is 1. The third-order valence-corrected chi connectivity index (χ3v) is 9.28.